The van der Waals surface area contributed by atoms with Crippen LogP contribution in [0.25, 0.3) is 0 Å². The fourth-order valence-electron chi connectivity index (χ4n) is 1.87. The number of halogens is 1. The summed E-state index contributed by atoms with van der Waals surface area (Å²) in [7, 11) is 0. The standard InChI is InChI=1S/C10H18ClNO/c1-8-4-2-5-9(8)12-10(13)6-3-7-11/h8-9H,2-7H2,1H3,(H,12,13). The Balaban J connectivity index is 2.19. The maximum Gasteiger partial charge on any atom is 0.220 e. The zero-order valence-corrected chi connectivity index (χ0v) is 8.94. The van der Waals surface area contributed by atoms with Gasteiger partial charge in [0.05, 0.1) is 0 Å². The molecule has 1 aliphatic rings. The third kappa shape index (κ3) is 3.55. The molecule has 0 radical (unpaired) electrons. The molecule has 1 aliphatic carbocycles. The Morgan fingerprint density at radius 2 is 2.31 bits per heavy atom. The summed E-state index contributed by atoms with van der Waals surface area (Å²) < 4.78 is 0. The van der Waals surface area contributed by atoms with E-state index in [0.29, 0.717) is 24.3 Å². The second-order valence-corrected chi connectivity index (χ2v) is 4.25. The molecule has 0 aliphatic heterocycles. The van der Waals surface area contributed by atoms with Crippen molar-refractivity contribution in [1.29, 1.82) is 0 Å². The van der Waals surface area contributed by atoms with E-state index in [9.17, 15) is 4.79 Å². The van der Waals surface area contributed by atoms with Crippen LogP contribution in [0.5, 0.6) is 0 Å². The molecule has 0 bridgehead atoms. The molecule has 76 valence electrons. The Morgan fingerprint density at radius 3 is 2.85 bits per heavy atom. The molecule has 2 unspecified atom stereocenters. The molecule has 2 nitrogen and oxygen atoms in total. The molecule has 0 aromatic rings. The van der Waals surface area contributed by atoms with Crippen LogP contribution >= 0.6 is 11.6 Å². The van der Waals surface area contributed by atoms with Crippen molar-refractivity contribution in [2.24, 2.45) is 5.92 Å². The minimum atomic E-state index is 0.166. The van der Waals surface area contributed by atoms with Crippen LogP contribution in [-0.4, -0.2) is 17.8 Å². The summed E-state index contributed by atoms with van der Waals surface area (Å²) in [4.78, 5) is 11.3. The number of hydrogen-bond donors (Lipinski definition) is 1. The van der Waals surface area contributed by atoms with Crippen LogP contribution in [-0.2, 0) is 4.79 Å². The van der Waals surface area contributed by atoms with Crippen molar-refractivity contribution < 1.29 is 4.79 Å². The van der Waals surface area contributed by atoms with E-state index in [1.165, 1.54) is 12.8 Å². The fraction of sp³-hybridized carbons (Fsp3) is 0.900. The summed E-state index contributed by atoms with van der Waals surface area (Å²) in [6, 6.07) is 0.419. The van der Waals surface area contributed by atoms with Gasteiger partial charge in [-0.3, -0.25) is 4.79 Å². The van der Waals surface area contributed by atoms with E-state index >= 15 is 0 Å². The largest absolute Gasteiger partial charge is 0.353 e. The van der Waals surface area contributed by atoms with Crippen LogP contribution < -0.4 is 5.32 Å². The molecule has 0 spiro atoms. The van der Waals surface area contributed by atoms with E-state index in [2.05, 4.69) is 12.2 Å². The molecule has 1 fully saturated rings. The molecular weight excluding hydrogens is 186 g/mol. The molecule has 13 heavy (non-hydrogen) atoms. The Kier molecular flexibility index (Phi) is 4.57. The van der Waals surface area contributed by atoms with Gasteiger partial charge in [0.15, 0.2) is 0 Å². The minimum absolute atomic E-state index is 0.166. The van der Waals surface area contributed by atoms with Gasteiger partial charge in [0.1, 0.15) is 0 Å². The number of alkyl halides is 1. The zero-order valence-electron chi connectivity index (χ0n) is 8.18. The maximum atomic E-state index is 11.3. The summed E-state index contributed by atoms with van der Waals surface area (Å²) in [5, 5.41) is 3.07. The number of hydrogen-bond acceptors (Lipinski definition) is 1. The van der Waals surface area contributed by atoms with Crippen molar-refractivity contribution in [3.8, 4) is 0 Å². The highest BCUT2D eigenvalue weighted by Gasteiger charge is 2.24. The van der Waals surface area contributed by atoms with Crippen LogP contribution in [0.4, 0.5) is 0 Å². The van der Waals surface area contributed by atoms with Gasteiger partial charge < -0.3 is 5.32 Å². The molecular formula is C10H18ClNO. The normalized spacial score (nSPS) is 27.5. The summed E-state index contributed by atoms with van der Waals surface area (Å²) in [5.41, 5.74) is 0. The van der Waals surface area contributed by atoms with E-state index in [1.54, 1.807) is 0 Å². The van der Waals surface area contributed by atoms with Crippen LogP contribution in [0.1, 0.15) is 39.0 Å². The molecule has 0 aromatic carbocycles. The van der Waals surface area contributed by atoms with Crippen LogP contribution in [0.3, 0.4) is 0 Å². The number of amides is 1. The van der Waals surface area contributed by atoms with Gasteiger partial charge in [0, 0.05) is 18.3 Å². The van der Waals surface area contributed by atoms with Crippen LogP contribution in [0.2, 0.25) is 0 Å². The molecule has 0 saturated heterocycles. The molecule has 3 heteroatoms. The first kappa shape index (κ1) is 10.8. The van der Waals surface area contributed by atoms with E-state index in [1.807, 2.05) is 0 Å². The molecule has 1 N–H and O–H groups in total. The number of carbonyl (C=O) groups excluding carboxylic acids is 1. The first-order valence-electron chi connectivity index (χ1n) is 5.09. The highest BCUT2D eigenvalue weighted by molar-refractivity contribution is 6.17. The molecule has 1 saturated carbocycles. The Labute approximate surface area is 85.0 Å². The second kappa shape index (κ2) is 5.48. The van der Waals surface area contributed by atoms with E-state index < -0.39 is 0 Å². The van der Waals surface area contributed by atoms with Crippen LogP contribution in [0, 0.1) is 5.92 Å². The van der Waals surface area contributed by atoms with Crippen LogP contribution in [0.15, 0.2) is 0 Å². The smallest absolute Gasteiger partial charge is 0.220 e. The van der Waals surface area contributed by atoms with Gasteiger partial charge in [-0.2, -0.15) is 0 Å². The SMILES string of the molecule is CC1CCCC1NC(=O)CCCCl. The topological polar surface area (TPSA) is 29.1 Å². The molecule has 0 aromatic heterocycles. The monoisotopic (exact) mass is 203 g/mol. The average molecular weight is 204 g/mol. The number of nitrogens with one attached hydrogen (secondary N) is 1. The third-order valence-electron chi connectivity index (χ3n) is 2.75. The van der Waals surface area contributed by atoms with Gasteiger partial charge in [0.2, 0.25) is 5.91 Å². The van der Waals surface area contributed by atoms with E-state index in [-0.39, 0.29) is 5.91 Å². The molecule has 1 rings (SSSR count). The maximum absolute atomic E-state index is 11.3. The number of rotatable bonds is 4. The Hall–Kier alpha value is -0.240. The summed E-state index contributed by atoms with van der Waals surface area (Å²) >= 11 is 5.51. The highest BCUT2D eigenvalue weighted by atomic mass is 35.5. The van der Waals surface area contributed by atoms with E-state index in [4.69, 9.17) is 11.6 Å². The highest BCUT2D eigenvalue weighted by Crippen LogP contribution is 2.24. The predicted octanol–water partition coefficient (Wildman–Crippen LogP) is 2.31. The summed E-state index contributed by atoms with van der Waals surface area (Å²) in [6.45, 7) is 2.21. The van der Waals surface area contributed by atoms with Gasteiger partial charge in [-0.25, -0.2) is 0 Å². The predicted molar refractivity (Wildman–Crippen MR) is 54.9 cm³/mol. The lowest BCUT2D eigenvalue weighted by Gasteiger charge is -2.16. The van der Waals surface area contributed by atoms with Gasteiger partial charge in [-0.1, -0.05) is 13.3 Å². The average Bonchev–Trinajstić information content (AvgIpc) is 2.48. The fourth-order valence-corrected chi connectivity index (χ4v) is 2.00. The van der Waals surface area contributed by atoms with Crippen molar-refractivity contribution in [3.05, 3.63) is 0 Å². The minimum Gasteiger partial charge on any atom is -0.353 e. The quantitative estimate of drug-likeness (QED) is 0.699. The van der Waals surface area contributed by atoms with E-state index in [0.717, 1.165) is 12.8 Å². The van der Waals surface area contributed by atoms with Gasteiger partial charge in [-0.15, -0.1) is 11.6 Å². The summed E-state index contributed by atoms with van der Waals surface area (Å²) in [6.07, 6.45) is 5.01. The summed E-state index contributed by atoms with van der Waals surface area (Å²) in [5.74, 6) is 1.40. The number of carbonyl (C=O) groups is 1. The van der Waals surface area contributed by atoms with Crippen molar-refractivity contribution in [1.82, 2.24) is 5.32 Å². The van der Waals surface area contributed by atoms with Crippen molar-refractivity contribution in [2.45, 2.75) is 45.1 Å². The molecule has 0 heterocycles. The van der Waals surface area contributed by atoms with Crippen molar-refractivity contribution in [3.63, 3.8) is 0 Å². The second-order valence-electron chi connectivity index (χ2n) is 3.87. The first-order chi connectivity index (χ1) is 6.24. The van der Waals surface area contributed by atoms with Gasteiger partial charge >= 0.3 is 0 Å². The lowest BCUT2D eigenvalue weighted by molar-refractivity contribution is -0.122. The first-order valence-corrected chi connectivity index (χ1v) is 5.63. The third-order valence-corrected chi connectivity index (χ3v) is 3.01. The Bertz CT molecular complexity index is 172. The Morgan fingerprint density at radius 1 is 1.54 bits per heavy atom. The van der Waals surface area contributed by atoms with Crippen molar-refractivity contribution >= 4 is 17.5 Å². The van der Waals surface area contributed by atoms with Gasteiger partial charge in [0.25, 0.3) is 0 Å². The lowest BCUT2D eigenvalue weighted by Crippen LogP contribution is -2.36. The van der Waals surface area contributed by atoms with Gasteiger partial charge in [-0.05, 0) is 25.2 Å². The van der Waals surface area contributed by atoms with Crippen molar-refractivity contribution in [2.75, 3.05) is 5.88 Å². The lowest BCUT2D eigenvalue weighted by atomic mass is 10.1. The molecule has 2 atom stereocenters. The zero-order chi connectivity index (χ0) is 9.68. The molecule has 1 amide bonds.